The van der Waals surface area contributed by atoms with Crippen LogP contribution in [0.1, 0.15) is 31.8 Å². The van der Waals surface area contributed by atoms with E-state index in [0.29, 0.717) is 30.3 Å². The van der Waals surface area contributed by atoms with Gasteiger partial charge in [0.15, 0.2) is 0 Å². The molecule has 0 unspecified atom stereocenters. The lowest BCUT2D eigenvalue weighted by Crippen LogP contribution is -2.15. The highest BCUT2D eigenvalue weighted by Gasteiger charge is 2.22. The fraction of sp³-hybridized carbons (Fsp3) is 0.400. The molecule has 1 heterocycles. The Morgan fingerprint density at radius 3 is 2.68 bits per heavy atom. The maximum atomic E-state index is 12.8. The molecule has 1 aromatic carbocycles. The van der Waals surface area contributed by atoms with E-state index in [4.69, 9.17) is 4.74 Å². The minimum atomic E-state index is -3.67. The van der Waals surface area contributed by atoms with Crippen LogP contribution < -0.4 is 4.74 Å². The van der Waals surface area contributed by atoms with Crippen molar-refractivity contribution in [2.75, 3.05) is 6.61 Å². The predicted molar refractivity (Wildman–Crippen MR) is 88.9 cm³/mol. The first-order valence-corrected chi connectivity index (χ1v) is 9.36. The van der Waals surface area contributed by atoms with Gasteiger partial charge in [-0.15, -0.1) is 0 Å². The Morgan fingerprint density at radius 2 is 2.05 bits per heavy atom. The van der Waals surface area contributed by atoms with E-state index in [9.17, 15) is 8.42 Å². The smallest absolute Gasteiger partial charge is 0.269 e. The normalized spacial score (nSPS) is 11.6. The average Bonchev–Trinajstić information content (AvgIpc) is 2.88. The summed E-state index contributed by atoms with van der Waals surface area (Å²) in [6.07, 6.45) is 2.94. The molecule has 0 aliphatic rings. The maximum absolute atomic E-state index is 12.8. The van der Waals surface area contributed by atoms with Crippen molar-refractivity contribution in [3.05, 3.63) is 40.4 Å². The molecule has 0 atom stereocenters. The van der Waals surface area contributed by atoms with Crippen LogP contribution in [0, 0.1) is 6.92 Å². The molecule has 2 aromatic rings. The molecule has 0 aliphatic heterocycles. The van der Waals surface area contributed by atoms with Crippen molar-refractivity contribution in [1.29, 1.82) is 0 Å². The van der Waals surface area contributed by atoms with Crippen LogP contribution in [0.2, 0.25) is 0 Å². The summed E-state index contributed by atoms with van der Waals surface area (Å²) in [7, 11) is -3.67. The largest absolute Gasteiger partial charge is 0.492 e. The zero-order valence-corrected chi connectivity index (χ0v) is 15.2. The van der Waals surface area contributed by atoms with Gasteiger partial charge in [-0.1, -0.05) is 13.8 Å². The molecule has 0 amide bonds. The number of ether oxygens (including phenoxy) is 1. The monoisotopic (exact) mass is 386 g/mol. The number of aromatic nitrogens is 2. The summed E-state index contributed by atoms with van der Waals surface area (Å²) >= 11 is 3.38. The predicted octanol–water partition coefficient (Wildman–Crippen LogP) is 3.54. The molecule has 0 saturated heterocycles. The number of halogens is 1. The van der Waals surface area contributed by atoms with Gasteiger partial charge in [0.25, 0.3) is 10.0 Å². The Kier molecular flexibility index (Phi) is 5.28. The van der Waals surface area contributed by atoms with Crippen molar-refractivity contribution in [2.45, 2.75) is 38.5 Å². The Morgan fingerprint density at radius 1 is 1.32 bits per heavy atom. The van der Waals surface area contributed by atoms with Gasteiger partial charge in [-0.2, -0.15) is 0 Å². The molecule has 7 heteroatoms. The second-order valence-electron chi connectivity index (χ2n) is 4.89. The molecule has 0 radical (unpaired) electrons. The van der Waals surface area contributed by atoms with Crippen LogP contribution >= 0.6 is 15.9 Å². The fourth-order valence-electron chi connectivity index (χ4n) is 2.05. The van der Waals surface area contributed by atoms with Crippen molar-refractivity contribution in [3.63, 3.8) is 0 Å². The summed E-state index contributed by atoms with van der Waals surface area (Å²) in [5.74, 6) is 1.05. The molecule has 0 bridgehead atoms. The summed E-state index contributed by atoms with van der Waals surface area (Å²) in [4.78, 5) is 4.44. The van der Waals surface area contributed by atoms with E-state index in [-0.39, 0.29) is 4.90 Å². The van der Waals surface area contributed by atoms with Crippen molar-refractivity contribution in [3.8, 4) is 5.75 Å². The van der Waals surface area contributed by atoms with Gasteiger partial charge in [-0.25, -0.2) is 17.4 Å². The van der Waals surface area contributed by atoms with Crippen LogP contribution in [0.5, 0.6) is 5.75 Å². The summed E-state index contributed by atoms with van der Waals surface area (Å²) in [5, 5.41) is 0. The maximum Gasteiger partial charge on any atom is 0.269 e. The SMILES string of the molecule is CCCOc1cc(S(=O)(=O)n2cc(C)nc2CC)ccc1Br. The molecule has 22 heavy (non-hydrogen) atoms. The summed E-state index contributed by atoms with van der Waals surface area (Å²) in [5.41, 5.74) is 0.681. The van der Waals surface area contributed by atoms with Crippen LogP contribution in [0.3, 0.4) is 0 Å². The fourth-order valence-corrected chi connectivity index (χ4v) is 3.87. The number of hydrogen-bond acceptors (Lipinski definition) is 4. The van der Waals surface area contributed by atoms with Gasteiger partial charge in [-0.3, -0.25) is 0 Å². The number of benzene rings is 1. The minimum absolute atomic E-state index is 0.189. The lowest BCUT2D eigenvalue weighted by atomic mass is 10.3. The number of hydrogen-bond donors (Lipinski definition) is 0. The molecule has 5 nitrogen and oxygen atoms in total. The van der Waals surface area contributed by atoms with Gasteiger partial charge in [0.1, 0.15) is 11.6 Å². The minimum Gasteiger partial charge on any atom is -0.492 e. The van der Waals surface area contributed by atoms with Gasteiger partial charge < -0.3 is 4.74 Å². The van der Waals surface area contributed by atoms with Crippen LogP contribution in [-0.4, -0.2) is 24.0 Å². The van der Waals surface area contributed by atoms with E-state index < -0.39 is 10.0 Å². The molecule has 0 aliphatic carbocycles. The Balaban J connectivity index is 2.49. The lowest BCUT2D eigenvalue weighted by molar-refractivity contribution is 0.314. The van der Waals surface area contributed by atoms with Gasteiger partial charge in [0.05, 0.1) is 21.7 Å². The van der Waals surface area contributed by atoms with Crippen LogP contribution in [0.4, 0.5) is 0 Å². The molecule has 2 rings (SSSR count). The first kappa shape index (κ1) is 17.0. The van der Waals surface area contributed by atoms with Gasteiger partial charge in [0, 0.05) is 18.7 Å². The highest BCUT2D eigenvalue weighted by Crippen LogP contribution is 2.29. The number of rotatable bonds is 6. The quantitative estimate of drug-likeness (QED) is 0.761. The second kappa shape index (κ2) is 6.83. The Hall–Kier alpha value is -1.34. The van der Waals surface area contributed by atoms with Crippen molar-refractivity contribution in [1.82, 2.24) is 8.96 Å². The molecule has 1 aromatic heterocycles. The number of nitrogens with zero attached hydrogens (tertiary/aromatic N) is 2. The van der Waals surface area contributed by atoms with Crippen molar-refractivity contribution < 1.29 is 13.2 Å². The number of aryl methyl sites for hydroxylation is 2. The molecular weight excluding hydrogens is 368 g/mol. The van der Waals surface area contributed by atoms with Crippen LogP contribution in [0.15, 0.2) is 33.8 Å². The molecule has 0 fully saturated rings. The average molecular weight is 387 g/mol. The first-order valence-electron chi connectivity index (χ1n) is 7.13. The summed E-state index contributed by atoms with van der Waals surface area (Å²) in [6, 6.07) is 4.80. The zero-order chi connectivity index (χ0) is 16.3. The molecule has 0 N–H and O–H groups in total. The van der Waals surface area contributed by atoms with Gasteiger partial charge in [-0.05, 0) is 41.4 Å². The van der Waals surface area contributed by atoms with Crippen LogP contribution in [0.25, 0.3) is 0 Å². The van der Waals surface area contributed by atoms with E-state index in [1.165, 1.54) is 3.97 Å². The van der Waals surface area contributed by atoms with Crippen molar-refractivity contribution >= 4 is 26.0 Å². The Bertz CT molecular complexity index is 769. The van der Waals surface area contributed by atoms with E-state index in [1.54, 1.807) is 31.3 Å². The highest BCUT2D eigenvalue weighted by molar-refractivity contribution is 9.10. The highest BCUT2D eigenvalue weighted by atomic mass is 79.9. The van der Waals surface area contributed by atoms with E-state index in [0.717, 1.165) is 10.9 Å². The van der Waals surface area contributed by atoms with E-state index >= 15 is 0 Å². The third-order valence-electron chi connectivity index (χ3n) is 3.10. The van der Waals surface area contributed by atoms with Crippen LogP contribution in [-0.2, 0) is 16.4 Å². The topological polar surface area (TPSA) is 61.2 Å². The van der Waals surface area contributed by atoms with E-state index in [2.05, 4.69) is 20.9 Å². The lowest BCUT2D eigenvalue weighted by Gasteiger charge is -2.11. The van der Waals surface area contributed by atoms with Gasteiger partial charge >= 0.3 is 0 Å². The molecule has 120 valence electrons. The van der Waals surface area contributed by atoms with Gasteiger partial charge in [0.2, 0.25) is 0 Å². The zero-order valence-electron chi connectivity index (χ0n) is 12.8. The molecule has 0 saturated carbocycles. The summed E-state index contributed by atoms with van der Waals surface area (Å²) in [6.45, 7) is 6.19. The number of imidazole rings is 1. The third-order valence-corrected chi connectivity index (χ3v) is 5.44. The van der Waals surface area contributed by atoms with E-state index in [1.807, 2.05) is 13.8 Å². The first-order chi connectivity index (χ1) is 10.4. The third kappa shape index (κ3) is 3.35. The molecule has 0 spiro atoms. The standard InChI is InChI=1S/C15H19BrN2O3S/c1-4-8-21-14-9-12(6-7-13(14)16)22(19,20)18-10-11(3)17-15(18)5-2/h6-7,9-10H,4-5,8H2,1-3H3. The molecular formula is C15H19BrN2O3S. The van der Waals surface area contributed by atoms with Crippen molar-refractivity contribution in [2.24, 2.45) is 0 Å². The Labute approximate surface area is 139 Å². The second-order valence-corrected chi connectivity index (χ2v) is 7.56. The summed E-state index contributed by atoms with van der Waals surface area (Å²) < 4.78 is 33.2.